The van der Waals surface area contributed by atoms with Crippen molar-refractivity contribution in [1.29, 1.82) is 0 Å². The summed E-state index contributed by atoms with van der Waals surface area (Å²) in [4.78, 5) is 0. The fourth-order valence-corrected chi connectivity index (χ4v) is 13.1. The summed E-state index contributed by atoms with van der Waals surface area (Å²) >= 11 is 1.82. The third-order valence-electron chi connectivity index (χ3n) is 21.8. The second-order valence-electron chi connectivity index (χ2n) is 31.2. The summed E-state index contributed by atoms with van der Waals surface area (Å²) in [5.41, 5.74) is -5.79. The molecule has 9 fully saturated rings. The van der Waals surface area contributed by atoms with Crippen LogP contribution in [0.3, 0.4) is 0 Å². The van der Waals surface area contributed by atoms with Gasteiger partial charge in [-0.25, -0.2) is 17.6 Å². The van der Waals surface area contributed by atoms with Crippen molar-refractivity contribution < 1.29 is 81.8 Å². The lowest BCUT2D eigenvalue weighted by atomic mass is 9.57. The summed E-state index contributed by atoms with van der Waals surface area (Å²) in [6.07, 6.45) is 15.1. The van der Waals surface area contributed by atoms with Gasteiger partial charge < -0.3 is 55.4 Å². The van der Waals surface area contributed by atoms with Gasteiger partial charge >= 0.3 is 0 Å². The van der Waals surface area contributed by atoms with E-state index in [4.69, 9.17) is 9.47 Å². The molecule has 0 aromatic rings. The lowest BCUT2D eigenvalue weighted by Gasteiger charge is -2.53. The number of ether oxygens (including phenoxy) is 2. The van der Waals surface area contributed by atoms with Crippen molar-refractivity contribution in [3.05, 3.63) is 0 Å². The molecule has 3 saturated heterocycles. The molecule has 0 amide bonds. The third-order valence-corrected chi connectivity index (χ3v) is 23.2. The first-order chi connectivity index (χ1) is 39.6. The second kappa shape index (κ2) is 46.3. The Morgan fingerprint density at radius 1 is 0.284 bits per heavy atom. The molecule has 9 rings (SSSR count). The van der Waals surface area contributed by atoms with Crippen LogP contribution in [0.25, 0.3) is 0 Å². The van der Waals surface area contributed by atoms with Crippen LogP contribution in [0.15, 0.2) is 0 Å². The molecule has 0 aromatic heterocycles. The summed E-state index contributed by atoms with van der Waals surface area (Å²) in [7, 11) is 0. The second-order valence-corrected chi connectivity index (χ2v) is 32.2. The maximum atomic E-state index is 12.7. The van der Waals surface area contributed by atoms with E-state index in [-0.39, 0.29) is 151 Å². The van der Waals surface area contributed by atoms with Gasteiger partial charge in [-0.15, -0.1) is 0 Å². The molecular formula is C77H164F6O11S. The predicted octanol–water partition coefficient (Wildman–Crippen LogP) is 20.1. The quantitative estimate of drug-likeness (QED) is 0.0888. The van der Waals surface area contributed by atoms with Crippen LogP contribution in [0.2, 0.25) is 0 Å². The van der Waals surface area contributed by atoms with Crippen LogP contribution in [0.5, 0.6) is 0 Å². The van der Waals surface area contributed by atoms with E-state index in [0.717, 1.165) is 62.9 Å². The van der Waals surface area contributed by atoms with Crippen LogP contribution < -0.4 is 0 Å². The van der Waals surface area contributed by atoms with Crippen LogP contribution >= 0.6 is 11.8 Å². The molecule has 0 radical (unpaired) electrons. The van der Waals surface area contributed by atoms with Gasteiger partial charge in [-0.2, -0.15) is 11.8 Å². The number of hydrogen-bond donors (Lipinski definition) is 9. The van der Waals surface area contributed by atoms with Gasteiger partial charge in [0.2, 0.25) is 5.92 Å². The molecule has 9 N–H and O–H groups in total. The molecule has 3 heterocycles. The van der Waals surface area contributed by atoms with Crippen molar-refractivity contribution in [2.75, 3.05) is 51.3 Å². The maximum absolute atomic E-state index is 12.7. The maximum Gasteiger partial charge on any atom is 0.253 e. The molecule has 0 spiro atoms. The van der Waals surface area contributed by atoms with Gasteiger partial charge in [0.05, 0.1) is 71.4 Å². The highest BCUT2D eigenvalue weighted by molar-refractivity contribution is 8.00. The van der Waals surface area contributed by atoms with Crippen molar-refractivity contribution in [2.24, 2.45) is 58.7 Å². The molecule has 6 saturated carbocycles. The van der Waals surface area contributed by atoms with Crippen molar-refractivity contribution in [2.45, 2.75) is 388 Å². The average molecular weight is 1410 g/mol. The Labute approximate surface area is 588 Å². The Morgan fingerprint density at radius 2 is 0.537 bits per heavy atom. The summed E-state index contributed by atoms with van der Waals surface area (Å²) in [5, 5.41) is 86.8. The van der Waals surface area contributed by atoms with Gasteiger partial charge in [0.15, 0.2) is 0 Å². The molecule has 0 aromatic carbocycles. The zero-order valence-corrected chi connectivity index (χ0v) is 58.7. The molecular weight excluding hydrogens is 1250 g/mol. The molecule has 9 aliphatic rings. The van der Waals surface area contributed by atoms with Crippen molar-refractivity contribution in [3.63, 3.8) is 0 Å². The normalized spacial score (nSPS) is 23.8. The highest BCUT2D eigenvalue weighted by Gasteiger charge is 2.57. The fourth-order valence-electron chi connectivity index (χ4n) is 11.8. The number of thioether (sulfide) groups is 1. The first-order valence-electron chi connectivity index (χ1n) is 33.7. The molecule has 6 aliphatic carbocycles. The van der Waals surface area contributed by atoms with Crippen molar-refractivity contribution in [3.8, 4) is 0 Å². The Balaban J connectivity index is -0.000000148. The van der Waals surface area contributed by atoms with Crippen LogP contribution in [0.4, 0.5) is 26.3 Å². The van der Waals surface area contributed by atoms with E-state index in [2.05, 4.69) is 69.2 Å². The average Bonchev–Trinajstić information content (AvgIpc) is 3.91. The first-order valence-corrected chi connectivity index (χ1v) is 34.9. The molecule has 0 atom stereocenters. The molecule has 11 nitrogen and oxygen atoms in total. The number of hydrogen-bond acceptors (Lipinski definition) is 12. The van der Waals surface area contributed by atoms with Gasteiger partial charge in [0.1, 0.15) is 5.60 Å². The molecule has 95 heavy (non-hydrogen) atoms. The summed E-state index contributed by atoms with van der Waals surface area (Å²) in [5.74, 6) is -0.722. The Kier molecular flexibility index (Phi) is 53.8. The van der Waals surface area contributed by atoms with Crippen LogP contribution in [0.1, 0.15) is 325 Å². The van der Waals surface area contributed by atoms with Gasteiger partial charge in [0, 0.05) is 55.8 Å². The largest absolute Gasteiger partial charge is 0.390 e. The Hall–Kier alpha value is -0.510. The third kappa shape index (κ3) is 34.6. The van der Waals surface area contributed by atoms with E-state index in [1.165, 1.54) is 38.5 Å². The minimum Gasteiger partial charge on any atom is -0.390 e. The number of halogens is 6. The van der Waals surface area contributed by atoms with Gasteiger partial charge in [-0.3, -0.25) is 8.78 Å². The molecule has 586 valence electrons. The molecule has 0 bridgehead atoms. The van der Waals surface area contributed by atoms with E-state index >= 15 is 0 Å². The lowest BCUT2D eigenvalue weighted by molar-refractivity contribution is -0.222. The summed E-state index contributed by atoms with van der Waals surface area (Å²) < 4.78 is 84.6. The lowest BCUT2D eigenvalue weighted by Crippen LogP contribution is -2.57. The van der Waals surface area contributed by atoms with Gasteiger partial charge in [-0.1, -0.05) is 216 Å². The topological polar surface area (TPSA) is 201 Å². The molecule has 0 unspecified atom stereocenters. The monoisotopic (exact) mass is 1410 g/mol. The Bertz CT molecular complexity index is 1750. The zero-order chi connectivity index (χ0) is 67.5. The van der Waals surface area contributed by atoms with Crippen LogP contribution in [-0.2, 0) is 9.47 Å². The van der Waals surface area contributed by atoms with Gasteiger partial charge in [-0.05, 0) is 137 Å². The van der Waals surface area contributed by atoms with Crippen LogP contribution in [0, 0.1) is 58.7 Å². The highest BCUT2D eigenvalue weighted by atomic mass is 32.2. The van der Waals surface area contributed by atoms with E-state index in [1.54, 1.807) is 13.8 Å². The number of aliphatic hydroxyl groups is 9. The standard InChI is InChI=1S/2C9H16F2O.C9H18O.C8H16O2.C8H16O.C7H12F2O.C7H14O.C6H12O2.C6H12OS.8CH4/c1-7(2)9(12)3-8(4-9,5-10)6-11;1-7(2)8(12)3-5-9(10,11)6-4-8;1-8(2)9(10)6-4-3-5-7-9;1-7(2)8(9)3-5-10-6-4-8;1-7(2)8(9)5-3-4-6-8;1-5(2)6(10)3-7(8,9)4-6;1-6(2)7(8)4-3-5-7;2*1-5(2)6(7)3-8-4-6;;;;;;;;/h2*7,12H,3-6H2,1-2H3;8,10H,3-7H2,1-2H3;7,9H,3-6H2,1-2H3;7,9H,3-6H2,1-2H3;5,10H,3-4H2,1-2H3;6,8H,3-5H2,1-2H3;2*5,7H,3-4H2,1-2H3;8*1H4. The number of alkyl halides is 6. The SMILES string of the molecule is C.C.C.C.C.C.C.C.CC(C)C1(O)CC(CF)(CF)C1.CC(C)C1(O)CC(F)(F)C1.CC(C)C1(O)CCC(F)(F)CC1.CC(C)C1(O)CCC1.CC(C)C1(O)CCCC1.CC(C)C1(O)CCCCC1.CC(C)C1(O)CCOCC1.CC(C)C1(O)COC1.CC(C)C1(O)CSC1. The van der Waals surface area contributed by atoms with E-state index in [9.17, 15) is 72.3 Å². The Morgan fingerprint density at radius 3 is 0.695 bits per heavy atom. The molecule has 18 heteroatoms. The van der Waals surface area contributed by atoms with Crippen molar-refractivity contribution >= 4 is 11.8 Å². The molecule has 3 aliphatic heterocycles. The van der Waals surface area contributed by atoms with E-state index < -0.39 is 58.6 Å². The fraction of sp³-hybridized carbons (Fsp3) is 1.00. The minimum atomic E-state index is -2.61. The van der Waals surface area contributed by atoms with E-state index in [1.807, 2.05) is 53.3 Å². The zero-order valence-electron chi connectivity index (χ0n) is 57.9. The van der Waals surface area contributed by atoms with Crippen LogP contribution in [-0.4, -0.2) is 159 Å². The summed E-state index contributed by atoms with van der Waals surface area (Å²) in [6, 6.07) is 0. The minimum absolute atomic E-state index is 0. The summed E-state index contributed by atoms with van der Waals surface area (Å²) in [6.45, 7) is 37.1. The highest BCUT2D eigenvalue weighted by Crippen LogP contribution is 2.53. The smallest absolute Gasteiger partial charge is 0.253 e. The predicted molar refractivity (Wildman–Crippen MR) is 397 cm³/mol. The number of rotatable bonds is 11. The van der Waals surface area contributed by atoms with Gasteiger partial charge in [0.25, 0.3) is 5.92 Å². The van der Waals surface area contributed by atoms with Crippen molar-refractivity contribution in [1.82, 2.24) is 0 Å². The first kappa shape index (κ1) is 110. The van der Waals surface area contributed by atoms with E-state index in [0.29, 0.717) is 61.9 Å².